The molecule has 9 heteroatoms. The van der Waals surface area contributed by atoms with Gasteiger partial charge in [-0.25, -0.2) is 9.18 Å². The molecule has 2 aromatic carbocycles. The molecule has 0 bridgehead atoms. The highest BCUT2D eigenvalue weighted by molar-refractivity contribution is 6.31. The lowest BCUT2D eigenvalue weighted by Gasteiger charge is -2.37. The summed E-state index contributed by atoms with van der Waals surface area (Å²) in [4.78, 5) is 27.0. The van der Waals surface area contributed by atoms with Crippen LogP contribution in [0.5, 0.6) is 11.5 Å². The second-order valence-electron chi connectivity index (χ2n) is 9.10. The average Bonchev–Trinajstić information content (AvgIpc) is 2.90. The molecule has 2 unspecified atom stereocenters. The number of rotatable bonds is 9. The minimum Gasteiger partial charge on any atom is -0.493 e. The maximum atomic E-state index is 15.3. The van der Waals surface area contributed by atoms with Gasteiger partial charge in [-0.2, -0.15) is 0 Å². The molecule has 7 nitrogen and oxygen atoms in total. The summed E-state index contributed by atoms with van der Waals surface area (Å²) in [6.07, 6.45) is 0.646. The minimum atomic E-state index is -1.00. The number of carbonyl (C=O) groups is 2. The topological polar surface area (TPSA) is 83.1 Å². The van der Waals surface area contributed by atoms with Crippen molar-refractivity contribution in [1.29, 1.82) is 0 Å². The van der Waals surface area contributed by atoms with E-state index in [1.54, 1.807) is 33.3 Å². The zero-order valence-electron chi connectivity index (χ0n) is 21.9. The summed E-state index contributed by atoms with van der Waals surface area (Å²) in [5, 5.41) is 3.39. The van der Waals surface area contributed by atoms with Gasteiger partial charge in [-0.15, -0.1) is 0 Å². The highest BCUT2D eigenvalue weighted by Crippen LogP contribution is 2.48. The number of ketones is 1. The van der Waals surface area contributed by atoms with E-state index < -0.39 is 17.7 Å². The molecule has 1 N–H and O–H groups in total. The van der Waals surface area contributed by atoms with Gasteiger partial charge in [0.2, 0.25) is 0 Å². The molecule has 202 valence electrons. The summed E-state index contributed by atoms with van der Waals surface area (Å²) in [6.45, 7) is 4.30. The molecule has 1 heterocycles. The molecular formula is C29H31ClFNO6. The lowest BCUT2D eigenvalue weighted by atomic mass is 9.71. The second-order valence-corrected chi connectivity index (χ2v) is 9.51. The van der Waals surface area contributed by atoms with E-state index in [1.165, 1.54) is 12.1 Å². The van der Waals surface area contributed by atoms with Crippen LogP contribution in [0.1, 0.15) is 49.7 Å². The molecule has 4 rings (SSSR count). The molecule has 0 aromatic heterocycles. The van der Waals surface area contributed by atoms with Crippen molar-refractivity contribution >= 4 is 23.4 Å². The molecular weight excluding hydrogens is 513 g/mol. The number of esters is 1. The van der Waals surface area contributed by atoms with Gasteiger partial charge in [0.05, 0.1) is 32.3 Å². The summed E-state index contributed by atoms with van der Waals surface area (Å²) in [5.41, 5.74) is 2.59. The number of hydrogen-bond donors (Lipinski definition) is 1. The Hall–Kier alpha value is -3.36. The highest BCUT2D eigenvalue weighted by atomic mass is 35.5. The van der Waals surface area contributed by atoms with Crippen LogP contribution in [-0.2, 0) is 19.1 Å². The number of dihydropyridines is 1. The van der Waals surface area contributed by atoms with Crippen molar-refractivity contribution in [1.82, 2.24) is 5.32 Å². The number of ether oxygens (including phenoxy) is 4. The molecule has 0 amide bonds. The summed E-state index contributed by atoms with van der Waals surface area (Å²) in [7, 11) is 3.12. The Labute approximate surface area is 226 Å². The third kappa shape index (κ3) is 5.42. The van der Waals surface area contributed by atoms with E-state index in [9.17, 15) is 9.59 Å². The summed E-state index contributed by atoms with van der Waals surface area (Å²) in [5.74, 6) is -1.45. The Morgan fingerprint density at radius 2 is 1.87 bits per heavy atom. The number of hydrogen-bond acceptors (Lipinski definition) is 7. The normalized spacial score (nSPS) is 19.2. The van der Waals surface area contributed by atoms with Gasteiger partial charge in [-0.3, -0.25) is 4.79 Å². The number of allylic oxidation sites excluding steroid dienone is 3. The van der Waals surface area contributed by atoms with Gasteiger partial charge >= 0.3 is 5.97 Å². The van der Waals surface area contributed by atoms with Crippen LogP contribution in [0.25, 0.3) is 0 Å². The molecule has 0 saturated heterocycles. The third-order valence-corrected chi connectivity index (χ3v) is 7.21. The molecule has 0 fully saturated rings. The van der Waals surface area contributed by atoms with Crippen LogP contribution in [0, 0.1) is 5.82 Å². The van der Waals surface area contributed by atoms with E-state index in [-0.39, 0.29) is 47.5 Å². The number of halogens is 2. The first-order chi connectivity index (χ1) is 18.3. The van der Waals surface area contributed by atoms with E-state index >= 15 is 4.39 Å². The Bertz CT molecular complexity index is 1280. The fourth-order valence-electron chi connectivity index (χ4n) is 5.14. The molecule has 0 spiro atoms. The number of benzene rings is 2. The second kappa shape index (κ2) is 12.0. The molecule has 38 heavy (non-hydrogen) atoms. The van der Waals surface area contributed by atoms with Gasteiger partial charge in [-0.1, -0.05) is 23.7 Å². The zero-order valence-corrected chi connectivity index (χ0v) is 22.6. The lowest BCUT2D eigenvalue weighted by Crippen LogP contribution is -2.36. The smallest absolute Gasteiger partial charge is 0.336 e. The first kappa shape index (κ1) is 27.7. The van der Waals surface area contributed by atoms with Gasteiger partial charge < -0.3 is 24.3 Å². The number of Topliss-reactive ketones (excluding diaryl/α,β-unsaturated/α-hetero) is 1. The van der Waals surface area contributed by atoms with Crippen molar-refractivity contribution in [2.75, 3.05) is 34.0 Å². The van der Waals surface area contributed by atoms with Crippen molar-refractivity contribution in [2.24, 2.45) is 0 Å². The van der Waals surface area contributed by atoms with E-state index in [0.29, 0.717) is 41.5 Å². The van der Waals surface area contributed by atoms with Crippen LogP contribution in [0.2, 0.25) is 5.02 Å². The van der Waals surface area contributed by atoms with E-state index in [1.807, 2.05) is 19.1 Å². The number of nitrogens with one attached hydrogen (secondary N) is 1. The first-order valence-electron chi connectivity index (χ1n) is 12.4. The first-order valence-corrected chi connectivity index (χ1v) is 12.8. The van der Waals surface area contributed by atoms with Crippen LogP contribution in [-0.4, -0.2) is 45.8 Å². The minimum absolute atomic E-state index is 0.0302. The van der Waals surface area contributed by atoms with Crippen molar-refractivity contribution in [3.8, 4) is 11.5 Å². The molecule has 2 aromatic rings. The standard InChI is InChI=1S/C29H31ClFNO6/c1-5-37-11-12-38-29(34)25-16(2)32-21-13-18(17-9-10-23(35-3)24(15-17)36-4)14-22(33)27(21)28(25)26-19(30)7-6-8-20(26)31/h6-10,15,18,28,32H,5,11-14H2,1-4H3. The lowest BCUT2D eigenvalue weighted by molar-refractivity contribution is -0.140. The molecule has 2 aliphatic rings. The van der Waals surface area contributed by atoms with Crippen LogP contribution in [0.4, 0.5) is 4.39 Å². The van der Waals surface area contributed by atoms with Gasteiger partial charge in [0.1, 0.15) is 12.4 Å². The summed E-state index contributed by atoms with van der Waals surface area (Å²) < 4.78 is 36.8. The van der Waals surface area contributed by atoms with Gasteiger partial charge in [0.25, 0.3) is 0 Å². The highest BCUT2D eigenvalue weighted by Gasteiger charge is 2.43. The third-order valence-electron chi connectivity index (χ3n) is 6.88. The molecule has 1 aliphatic heterocycles. The Morgan fingerprint density at radius 1 is 1.11 bits per heavy atom. The van der Waals surface area contributed by atoms with Gasteiger partial charge in [-0.05, 0) is 56.0 Å². The average molecular weight is 544 g/mol. The van der Waals surface area contributed by atoms with Crippen molar-refractivity contribution < 1.29 is 32.9 Å². The van der Waals surface area contributed by atoms with Crippen LogP contribution < -0.4 is 14.8 Å². The van der Waals surface area contributed by atoms with Gasteiger partial charge in [0.15, 0.2) is 17.3 Å². The van der Waals surface area contributed by atoms with E-state index in [0.717, 1.165) is 5.56 Å². The Balaban J connectivity index is 1.75. The molecule has 0 saturated carbocycles. The van der Waals surface area contributed by atoms with E-state index in [2.05, 4.69) is 5.32 Å². The SMILES string of the molecule is CCOCCOC(=O)C1=C(C)NC2=C(C(=O)CC(c3ccc(OC)c(OC)c3)C2)C1c1c(F)cccc1Cl. The predicted octanol–water partition coefficient (Wildman–Crippen LogP) is 5.44. The Kier molecular flexibility index (Phi) is 8.74. The molecule has 1 aliphatic carbocycles. The fourth-order valence-corrected chi connectivity index (χ4v) is 5.41. The Morgan fingerprint density at radius 3 is 2.55 bits per heavy atom. The molecule has 2 atom stereocenters. The summed E-state index contributed by atoms with van der Waals surface area (Å²) >= 11 is 6.48. The van der Waals surface area contributed by atoms with Crippen molar-refractivity contribution in [3.63, 3.8) is 0 Å². The predicted molar refractivity (Wildman–Crippen MR) is 141 cm³/mol. The summed E-state index contributed by atoms with van der Waals surface area (Å²) in [6, 6.07) is 9.89. The van der Waals surface area contributed by atoms with Crippen molar-refractivity contribution in [3.05, 3.63) is 80.9 Å². The maximum Gasteiger partial charge on any atom is 0.336 e. The largest absolute Gasteiger partial charge is 0.493 e. The maximum absolute atomic E-state index is 15.3. The van der Waals surface area contributed by atoms with Crippen LogP contribution >= 0.6 is 11.6 Å². The van der Waals surface area contributed by atoms with Crippen LogP contribution in [0.15, 0.2) is 58.9 Å². The molecule has 0 radical (unpaired) electrons. The number of methoxy groups -OCH3 is 2. The quantitative estimate of drug-likeness (QED) is 0.333. The monoisotopic (exact) mass is 543 g/mol. The van der Waals surface area contributed by atoms with Gasteiger partial charge in [0, 0.05) is 40.6 Å². The van der Waals surface area contributed by atoms with Crippen molar-refractivity contribution in [2.45, 2.75) is 38.5 Å². The number of carbonyl (C=O) groups excluding carboxylic acids is 2. The zero-order chi connectivity index (χ0) is 27.4. The van der Waals surface area contributed by atoms with E-state index in [4.69, 9.17) is 30.5 Å². The fraction of sp³-hybridized carbons (Fsp3) is 0.379. The van der Waals surface area contributed by atoms with Crippen LogP contribution in [0.3, 0.4) is 0 Å².